The fourth-order valence-electron chi connectivity index (χ4n) is 7.48. The fourth-order valence-corrected chi connectivity index (χ4v) is 7.48. The molecule has 3 heterocycles. The maximum atomic E-state index is 4.06. The lowest BCUT2D eigenvalue weighted by molar-refractivity contribution is -0.0987. The van der Waals surface area contributed by atoms with Crippen LogP contribution in [0.15, 0.2) is 24.3 Å². The molecule has 0 radical (unpaired) electrons. The Morgan fingerprint density at radius 3 is 2.71 bits per heavy atom. The molecule has 2 bridgehead atoms. The van der Waals surface area contributed by atoms with Crippen molar-refractivity contribution in [3.8, 4) is 0 Å². The van der Waals surface area contributed by atoms with E-state index >= 15 is 0 Å². The second kappa shape index (κ2) is 3.32. The van der Waals surface area contributed by atoms with Gasteiger partial charge < -0.3 is 5.32 Å². The predicted molar refractivity (Wildman–Crippen MR) is 84.6 cm³/mol. The van der Waals surface area contributed by atoms with Gasteiger partial charge in [-0.1, -0.05) is 18.2 Å². The van der Waals surface area contributed by atoms with Gasteiger partial charge in [-0.25, -0.2) is 0 Å². The fraction of sp³-hybridized carbons (Fsp3) is 0.684. The van der Waals surface area contributed by atoms with Crippen molar-refractivity contribution in [3.63, 3.8) is 0 Å². The van der Waals surface area contributed by atoms with E-state index in [0.717, 1.165) is 6.04 Å². The van der Waals surface area contributed by atoms with Crippen LogP contribution in [-0.4, -0.2) is 29.6 Å². The quantitative estimate of drug-likeness (QED) is 0.782. The van der Waals surface area contributed by atoms with E-state index in [2.05, 4.69) is 34.5 Å². The molecular weight excluding hydrogens is 256 g/mol. The molecule has 1 N–H and O–H groups in total. The minimum Gasteiger partial charge on any atom is -0.378 e. The highest BCUT2D eigenvalue weighted by Gasteiger charge is 2.74. The van der Waals surface area contributed by atoms with Crippen LogP contribution in [0, 0.1) is 5.41 Å². The molecule has 7 rings (SSSR count). The van der Waals surface area contributed by atoms with Crippen molar-refractivity contribution in [3.05, 3.63) is 29.8 Å². The van der Waals surface area contributed by atoms with Gasteiger partial charge in [0.2, 0.25) is 0 Å². The summed E-state index contributed by atoms with van der Waals surface area (Å²) in [5.41, 5.74) is 4.59. The highest BCUT2D eigenvalue weighted by molar-refractivity contribution is 5.68. The summed E-state index contributed by atoms with van der Waals surface area (Å²) < 4.78 is 0. The zero-order valence-corrected chi connectivity index (χ0v) is 12.7. The molecule has 3 spiro atoms. The van der Waals surface area contributed by atoms with Crippen LogP contribution in [0.3, 0.4) is 0 Å². The van der Waals surface area contributed by atoms with Crippen molar-refractivity contribution in [2.75, 3.05) is 18.4 Å². The molecule has 2 atom stereocenters. The minimum absolute atomic E-state index is 0.384. The molecule has 2 saturated heterocycles. The Labute approximate surface area is 126 Å². The summed E-state index contributed by atoms with van der Waals surface area (Å²) in [7, 11) is 0. The van der Waals surface area contributed by atoms with E-state index in [-0.39, 0.29) is 0 Å². The highest BCUT2D eigenvalue weighted by atomic mass is 15.3. The van der Waals surface area contributed by atoms with Crippen molar-refractivity contribution in [2.45, 2.75) is 61.9 Å². The predicted octanol–water partition coefficient (Wildman–Crippen LogP) is 3.53. The second-order valence-corrected chi connectivity index (χ2v) is 8.38. The van der Waals surface area contributed by atoms with Crippen molar-refractivity contribution in [2.24, 2.45) is 5.41 Å². The standard InChI is InChI=1S/C19H24N2/c1-2-5-15-14(4-1)19-11-13-21-12-3-6-17(16(19)21)7-9-18(19,20-15)10-8-17/h1-2,4-5,16,20H,3,6-13H2/t16-,17?,18?,19+/m1/s1. The maximum Gasteiger partial charge on any atom is 0.0487 e. The molecule has 3 aliphatic heterocycles. The van der Waals surface area contributed by atoms with Gasteiger partial charge in [0.05, 0.1) is 0 Å². The second-order valence-electron chi connectivity index (χ2n) is 8.38. The van der Waals surface area contributed by atoms with Crippen LogP contribution < -0.4 is 5.32 Å². The Kier molecular flexibility index (Phi) is 1.82. The van der Waals surface area contributed by atoms with Gasteiger partial charge >= 0.3 is 0 Å². The van der Waals surface area contributed by atoms with Gasteiger partial charge in [0.15, 0.2) is 0 Å². The molecular formula is C19H24N2. The smallest absolute Gasteiger partial charge is 0.0487 e. The summed E-state index contributed by atoms with van der Waals surface area (Å²) >= 11 is 0. The van der Waals surface area contributed by atoms with Gasteiger partial charge in [-0.05, 0) is 75.1 Å². The first-order valence-electron chi connectivity index (χ1n) is 8.92. The molecule has 0 unspecified atom stereocenters. The van der Waals surface area contributed by atoms with Crippen LogP contribution in [0.5, 0.6) is 0 Å². The average Bonchev–Trinajstić information content (AvgIpc) is 3.06. The van der Waals surface area contributed by atoms with Gasteiger partial charge in [-0.15, -0.1) is 0 Å². The van der Waals surface area contributed by atoms with E-state index in [4.69, 9.17) is 0 Å². The van der Waals surface area contributed by atoms with E-state index in [9.17, 15) is 0 Å². The molecule has 3 aliphatic carbocycles. The molecule has 5 fully saturated rings. The number of nitrogens with one attached hydrogen (secondary N) is 1. The number of para-hydroxylation sites is 1. The Balaban J connectivity index is 1.67. The Morgan fingerprint density at radius 1 is 0.952 bits per heavy atom. The topological polar surface area (TPSA) is 15.3 Å². The SMILES string of the molecule is c1ccc2c(c1)NC13CCC4(CCCN5CC[C@@]21[C@H]54)CC3. The van der Waals surface area contributed by atoms with Gasteiger partial charge in [0.1, 0.15) is 0 Å². The molecule has 1 aromatic rings. The Hall–Kier alpha value is -1.02. The third-order valence-corrected chi connectivity index (χ3v) is 8.06. The Bertz CT molecular complexity index is 628. The van der Waals surface area contributed by atoms with E-state index in [1.807, 2.05) is 0 Å². The van der Waals surface area contributed by atoms with Crippen molar-refractivity contribution in [1.82, 2.24) is 4.90 Å². The monoisotopic (exact) mass is 280 g/mol. The molecule has 0 aromatic heterocycles. The van der Waals surface area contributed by atoms with Gasteiger partial charge in [-0.3, -0.25) is 4.90 Å². The third-order valence-electron chi connectivity index (χ3n) is 8.06. The number of hydrogen-bond donors (Lipinski definition) is 1. The molecule has 21 heavy (non-hydrogen) atoms. The number of benzene rings is 1. The van der Waals surface area contributed by atoms with Crippen LogP contribution in [0.1, 0.15) is 50.5 Å². The van der Waals surface area contributed by atoms with Gasteiger partial charge in [0, 0.05) is 22.7 Å². The molecule has 2 heteroatoms. The van der Waals surface area contributed by atoms with Crippen molar-refractivity contribution < 1.29 is 0 Å². The number of anilines is 1. The number of rotatable bonds is 0. The molecule has 1 aromatic carbocycles. The molecule has 110 valence electrons. The summed E-state index contributed by atoms with van der Waals surface area (Å²) in [5.74, 6) is 0. The summed E-state index contributed by atoms with van der Waals surface area (Å²) in [5, 5.41) is 4.06. The first-order chi connectivity index (χ1) is 10.3. The highest BCUT2D eigenvalue weighted by Crippen LogP contribution is 2.72. The van der Waals surface area contributed by atoms with Crippen LogP contribution >= 0.6 is 0 Å². The number of fused-ring (bicyclic) bond motifs is 3. The molecule has 2 nitrogen and oxygen atoms in total. The maximum absolute atomic E-state index is 4.06. The summed E-state index contributed by atoms with van der Waals surface area (Å²) in [6, 6.07) is 10.1. The lowest BCUT2D eigenvalue weighted by atomic mass is 9.42. The van der Waals surface area contributed by atoms with Crippen LogP contribution in [-0.2, 0) is 5.41 Å². The van der Waals surface area contributed by atoms with E-state index < -0.39 is 0 Å². The van der Waals surface area contributed by atoms with E-state index in [1.54, 1.807) is 5.56 Å². The minimum atomic E-state index is 0.384. The van der Waals surface area contributed by atoms with Crippen LogP contribution in [0.2, 0.25) is 0 Å². The first-order valence-corrected chi connectivity index (χ1v) is 8.92. The number of nitrogens with zero attached hydrogens (tertiary/aromatic N) is 1. The lowest BCUT2D eigenvalue weighted by Crippen LogP contribution is -2.72. The summed E-state index contributed by atoms with van der Waals surface area (Å²) in [4.78, 5) is 2.89. The zero-order chi connectivity index (χ0) is 13.7. The average molecular weight is 280 g/mol. The summed E-state index contributed by atoms with van der Waals surface area (Å²) in [6.07, 6.45) is 10.1. The summed E-state index contributed by atoms with van der Waals surface area (Å²) in [6.45, 7) is 2.69. The van der Waals surface area contributed by atoms with Gasteiger partial charge in [0.25, 0.3) is 0 Å². The van der Waals surface area contributed by atoms with Crippen molar-refractivity contribution in [1.29, 1.82) is 0 Å². The van der Waals surface area contributed by atoms with Crippen LogP contribution in [0.25, 0.3) is 0 Å². The third kappa shape index (κ3) is 1.03. The normalized spacial score (nSPS) is 49.4. The first kappa shape index (κ1) is 11.5. The lowest BCUT2D eigenvalue weighted by Gasteiger charge is -2.67. The van der Waals surface area contributed by atoms with E-state index in [0.29, 0.717) is 16.4 Å². The van der Waals surface area contributed by atoms with Crippen LogP contribution in [0.4, 0.5) is 5.69 Å². The molecule has 3 saturated carbocycles. The van der Waals surface area contributed by atoms with Gasteiger partial charge in [-0.2, -0.15) is 0 Å². The molecule has 0 amide bonds. The Morgan fingerprint density at radius 2 is 1.81 bits per heavy atom. The largest absolute Gasteiger partial charge is 0.378 e. The van der Waals surface area contributed by atoms with E-state index in [1.165, 1.54) is 63.7 Å². The number of piperidine rings is 1. The number of hydrogen-bond acceptors (Lipinski definition) is 2. The zero-order valence-electron chi connectivity index (χ0n) is 12.7. The van der Waals surface area contributed by atoms with Crippen molar-refractivity contribution >= 4 is 5.69 Å². The molecule has 6 aliphatic rings.